The third-order valence-corrected chi connectivity index (χ3v) is 7.92. The Morgan fingerprint density at radius 3 is 2.56 bits per heavy atom. The van der Waals surface area contributed by atoms with E-state index in [1.807, 2.05) is 24.4 Å². The number of piperidine rings is 1. The van der Waals surface area contributed by atoms with Crippen LogP contribution in [0.4, 0.5) is 0 Å². The number of hydrogen-bond acceptors (Lipinski definition) is 4. The first-order chi connectivity index (χ1) is 16.5. The van der Waals surface area contributed by atoms with Crippen LogP contribution in [0, 0.1) is 11.8 Å². The molecule has 6 heteroatoms. The summed E-state index contributed by atoms with van der Waals surface area (Å²) in [4.78, 5) is 15.7. The second-order valence-electron chi connectivity index (χ2n) is 11.0. The largest absolute Gasteiger partial charge is 0.495 e. The number of aryl methyl sites for hydroxylation is 1. The molecule has 186 valence electrons. The van der Waals surface area contributed by atoms with Crippen molar-refractivity contribution in [2.24, 2.45) is 11.8 Å². The van der Waals surface area contributed by atoms with Crippen LogP contribution < -0.4 is 10.1 Å². The Balaban J connectivity index is 1.24. The lowest BCUT2D eigenvalue weighted by atomic mass is 9.99. The number of nitrogens with one attached hydrogen (secondary N) is 1. The zero-order valence-electron chi connectivity index (χ0n) is 21.1. The summed E-state index contributed by atoms with van der Waals surface area (Å²) in [6.45, 7) is 7.88. The van der Waals surface area contributed by atoms with E-state index in [4.69, 9.17) is 9.47 Å². The topological polar surface area (TPSA) is 55.7 Å². The van der Waals surface area contributed by atoms with E-state index in [-0.39, 0.29) is 5.91 Å². The summed E-state index contributed by atoms with van der Waals surface area (Å²) < 4.78 is 14.2. The van der Waals surface area contributed by atoms with Gasteiger partial charge in [0.05, 0.1) is 24.3 Å². The molecule has 1 saturated carbocycles. The Kier molecular flexibility index (Phi) is 7.16. The van der Waals surface area contributed by atoms with Crippen molar-refractivity contribution in [1.82, 2.24) is 14.8 Å². The molecular formula is C28H41N3O3. The minimum atomic E-state index is -0.00276. The number of carbonyl (C=O) groups excluding carboxylic acids is 1. The van der Waals surface area contributed by atoms with Crippen molar-refractivity contribution < 1.29 is 14.3 Å². The van der Waals surface area contributed by atoms with Crippen LogP contribution in [0.5, 0.6) is 5.75 Å². The summed E-state index contributed by atoms with van der Waals surface area (Å²) in [6.07, 6.45) is 11.3. The zero-order valence-corrected chi connectivity index (χ0v) is 21.1. The highest BCUT2D eigenvalue weighted by Crippen LogP contribution is 2.38. The van der Waals surface area contributed by atoms with Crippen molar-refractivity contribution in [2.75, 3.05) is 26.8 Å². The van der Waals surface area contributed by atoms with Gasteiger partial charge in [-0.3, -0.25) is 9.69 Å². The van der Waals surface area contributed by atoms with Gasteiger partial charge in [0.2, 0.25) is 0 Å². The van der Waals surface area contributed by atoms with Crippen LogP contribution in [0.2, 0.25) is 0 Å². The molecular weight excluding hydrogens is 426 g/mol. The number of rotatable bonds is 11. The maximum Gasteiger partial charge on any atom is 0.253 e. The molecule has 2 saturated heterocycles. The molecule has 3 atom stereocenters. The summed E-state index contributed by atoms with van der Waals surface area (Å²) >= 11 is 0. The molecule has 0 spiro atoms. The SMILES string of the molecule is COc1cccc2c(C(=O)NCC(C)C)cn(CCCN3[C@@H]4CC[C@H]3C[C@@H](OCC3CC3)C4)c12. The van der Waals surface area contributed by atoms with Gasteiger partial charge >= 0.3 is 0 Å². The first kappa shape index (κ1) is 23.7. The number of benzene rings is 1. The first-order valence-electron chi connectivity index (χ1n) is 13.3. The highest BCUT2D eigenvalue weighted by Gasteiger charge is 2.41. The number of hydrogen-bond donors (Lipinski definition) is 1. The fourth-order valence-corrected chi connectivity index (χ4v) is 5.95. The van der Waals surface area contributed by atoms with E-state index in [0.717, 1.165) is 54.3 Å². The molecule has 3 aliphatic rings. The number of methoxy groups -OCH3 is 1. The number of fused-ring (bicyclic) bond motifs is 3. The molecule has 1 amide bonds. The number of carbonyl (C=O) groups is 1. The Morgan fingerprint density at radius 2 is 1.88 bits per heavy atom. The van der Waals surface area contributed by atoms with Gasteiger partial charge in [-0.25, -0.2) is 0 Å². The van der Waals surface area contributed by atoms with E-state index in [0.29, 0.717) is 30.7 Å². The molecule has 3 heterocycles. The summed E-state index contributed by atoms with van der Waals surface area (Å²) in [7, 11) is 1.71. The Morgan fingerprint density at radius 1 is 1.12 bits per heavy atom. The summed E-state index contributed by atoms with van der Waals surface area (Å²) in [5.74, 6) is 2.10. The fourth-order valence-electron chi connectivity index (χ4n) is 5.95. The summed E-state index contributed by atoms with van der Waals surface area (Å²) in [6, 6.07) is 7.34. The average Bonchev–Trinajstić information content (AvgIpc) is 3.55. The normalized spacial score (nSPS) is 24.8. The maximum absolute atomic E-state index is 12.9. The van der Waals surface area contributed by atoms with Crippen LogP contribution in [0.3, 0.4) is 0 Å². The average molecular weight is 468 g/mol. The highest BCUT2D eigenvalue weighted by atomic mass is 16.5. The van der Waals surface area contributed by atoms with Crippen molar-refractivity contribution in [1.29, 1.82) is 0 Å². The van der Waals surface area contributed by atoms with Crippen LogP contribution in [-0.2, 0) is 11.3 Å². The van der Waals surface area contributed by atoms with Gasteiger partial charge in [-0.05, 0) is 62.8 Å². The van der Waals surface area contributed by atoms with E-state index in [9.17, 15) is 4.79 Å². The Bertz CT molecular complexity index is 982. The second-order valence-corrected chi connectivity index (χ2v) is 11.0. The number of aromatic nitrogens is 1. The molecule has 3 fully saturated rings. The standard InChI is InChI=1S/C28H41N3O3/c1-19(2)16-29-28(32)25-17-30(27-24(25)6-4-7-26(27)33-3)12-5-13-31-21-10-11-22(31)15-23(14-21)34-18-20-8-9-20/h4,6-7,17,19-23H,5,8-16,18H2,1-3H3,(H,29,32)/t21-,22+,23+. The van der Waals surface area contributed by atoms with Gasteiger partial charge in [-0.1, -0.05) is 26.0 Å². The third-order valence-electron chi connectivity index (χ3n) is 7.92. The van der Waals surface area contributed by atoms with Crippen molar-refractivity contribution >= 4 is 16.8 Å². The third kappa shape index (κ3) is 5.13. The van der Waals surface area contributed by atoms with Crippen LogP contribution >= 0.6 is 0 Å². The lowest BCUT2D eigenvalue weighted by Crippen LogP contribution is -2.46. The van der Waals surface area contributed by atoms with Gasteiger partial charge in [-0.15, -0.1) is 0 Å². The quantitative estimate of drug-likeness (QED) is 0.513. The van der Waals surface area contributed by atoms with Gasteiger partial charge in [0.1, 0.15) is 5.75 Å². The van der Waals surface area contributed by atoms with Gasteiger partial charge in [0.15, 0.2) is 0 Å². The van der Waals surface area contributed by atoms with Gasteiger partial charge in [-0.2, -0.15) is 0 Å². The Labute approximate surface area is 204 Å². The lowest BCUT2D eigenvalue weighted by molar-refractivity contribution is -0.0241. The van der Waals surface area contributed by atoms with Crippen molar-refractivity contribution in [2.45, 2.75) is 83.5 Å². The van der Waals surface area contributed by atoms with Gasteiger partial charge < -0.3 is 19.4 Å². The summed E-state index contributed by atoms with van der Waals surface area (Å²) in [5.41, 5.74) is 1.76. The first-order valence-corrected chi connectivity index (χ1v) is 13.3. The van der Waals surface area contributed by atoms with Crippen LogP contribution in [-0.4, -0.2) is 60.4 Å². The molecule has 34 heavy (non-hydrogen) atoms. The molecule has 2 bridgehead atoms. The molecule has 0 unspecified atom stereocenters. The predicted octanol–water partition coefficient (Wildman–Crippen LogP) is 4.85. The molecule has 1 aliphatic carbocycles. The van der Waals surface area contributed by atoms with E-state index >= 15 is 0 Å². The molecule has 2 aromatic rings. The number of ether oxygens (including phenoxy) is 2. The van der Waals surface area contributed by atoms with E-state index in [2.05, 4.69) is 28.6 Å². The van der Waals surface area contributed by atoms with Gasteiger partial charge in [0.25, 0.3) is 5.91 Å². The predicted molar refractivity (Wildman–Crippen MR) is 135 cm³/mol. The van der Waals surface area contributed by atoms with E-state index in [1.54, 1.807) is 7.11 Å². The van der Waals surface area contributed by atoms with Crippen LogP contribution in [0.25, 0.3) is 10.9 Å². The number of amides is 1. The minimum Gasteiger partial charge on any atom is -0.495 e. The van der Waals surface area contributed by atoms with Crippen molar-refractivity contribution in [3.05, 3.63) is 30.0 Å². The van der Waals surface area contributed by atoms with Gasteiger partial charge in [0, 0.05) is 49.9 Å². The minimum absolute atomic E-state index is 0.00276. The maximum atomic E-state index is 12.9. The van der Waals surface area contributed by atoms with Crippen molar-refractivity contribution in [3.8, 4) is 5.75 Å². The van der Waals surface area contributed by atoms with Crippen LogP contribution in [0.15, 0.2) is 24.4 Å². The zero-order chi connectivity index (χ0) is 23.7. The monoisotopic (exact) mass is 467 g/mol. The molecule has 5 rings (SSSR count). The molecule has 1 aromatic carbocycles. The van der Waals surface area contributed by atoms with E-state index in [1.165, 1.54) is 38.5 Å². The highest BCUT2D eigenvalue weighted by molar-refractivity contribution is 6.08. The fraction of sp³-hybridized carbons (Fsp3) is 0.679. The smallest absolute Gasteiger partial charge is 0.253 e. The lowest BCUT2D eigenvalue weighted by Gasteiger charge is -2.39. The number of para-hydroxylation sites is 1. The second kappa shape index (κ2) is 10.3. The molecule has 0 radical (unpaired) electrons. The summed E-state index contributed by atoms with van der Waals surface area (Å²) in [5, 5.41) is 4.05. The van der Waals surface area contributed by atoms with Crippen molar-refractivity contribution in [3.63, 3.8) is 0 Å². The van der Waals surface area contributed by atoms with Crippen LogP contribution in [0.1, 0.15) is 69.2 Å². The number of nitrogens with zero attached hydrogens (tertiary/aromatic N) is 2. The molecule has 1 aromatic heterocycles. The van der Waals surface area contributed by atoms with E-state index < -0.39 is 0 Å². The Hall–Kier alpha value is -2.05. The molecule has 6 nitrogen and oxygen atoms in total. The molecule has 2 aliphatic heterocycles. The molecule has 1 N–H and O–H groups in total.